The van der Waals surface area contributed by atoms with Gasteiger partial charge in [-0.15, -0.1) is 0 Å². The van der Waals surface area contributed by atoms with Gasteiger partial charge in [-0.2, -0.15) is 0 Å². The van der Waals surface area contributed by atoms with E-state index in [2.05, 4.69) is 20.3 Å². The van der Waals surface area contributed by atoms with E-state index in [0.717, 1.165) is 5.69 Å². The number of nitrogens with one attached hydrogen (secondary N) is 3. The molecule has 134 valence electrons. The van der Waals surface area contributed by atoms with Crippen molar-refractivity contribution in [2.45, 2.75) is 26.3 Å². The van der Waals surface area contributed by atoms with E-state index < -0.39 is 11.7 Å². The molecule has 0 aliphatic carbocycles. The average molecular weight is 354 g/mol. The number of amides is 1. The quantitative estimate of drug-likeness (QED) is 0.657. The Morgan fingerprint density at radius 3 is 2.73 bits per heavy atom. The number of aryl methyl sites for hydroxylation is 1. The average Bonchev–Trinajstić information content (AvgIpc) is 3.05. The van der Waals surface area contributed by atoms with Gasteiger partial charge in [-0.3, -0.25) is 9.59 Å². The maximum atomic E-state index is 14.0. The van der Waals surface area contributed by atoms with Crippen molar-refractivity contribution in [2.24, 2.45) is 0 Å². The van der Waals surface area contributed by atoms with Gasteiger partial charge in [-0.25, -0.2) is 9.37 Å². The monoisotopic (exact) mass is 354 g/mol. The number of pyridine rings is 1. The Bertz CT molecular complexity index is 993. The first kappa shape index (κ1) is 17.6. The van der Waals surface area contributed by atoms with Gasteiger partial charge in [0, 0.05) is 34.8 Å². The summed E-state index contributed by atoms with van der Waals surface area (Å²) >= 11 is 0. The van der Waals surface area contributed by atoms with Crippen LogP contribution >= 0.6 is 0 Å². The topological polar surface area (TPSA) is 90.6 Å². The summed E-state index contributed by atoms with van der Waals surface area (Å²) in [6.07, 6.45) is 2.32. The number of imidazole rings is 1. The van der Waals surface area contributed by atoms with Gasteiger partial charge < -0.3 is 15.3 Å². The number of carbonyl (C=O) groups excluding carboxylic acids is 1. The fourth-order valence-corrected chi connectivity index (χ4v) is 2.71. The van der Waals surface area contributed by atoms with Crippen LogP contribution in [0.5, 0.6) is 0 Å². The summed E-state index contributed by atoms with van der Waals surface area (Å²) in [6.45, 7) is 3.80. The van der Waals surface area contributed by atoms with Crippen LogP contribution in [0.2, 0.25) is 0 Å². The van der Waals surface area contributed by atoms with Gasteiger partial charge in [0.25, 0.3) is 5.91 Å². The number of hydrogen-bond acceptors (Lipinski definition) is 3. The molecule has 1 aromatic carbocycles. The molecular formula is C19H19FN4O2. The minimum absolute atomic E-state index is 0.173. The van der Waals surface area contributed by atoms with Crippen molar-refractivity contribution in [3.8, 4) is 11.3 Å². The number of nitrogens with zero attached hydrogens (tertiary/aromatic N) is 1. The second-order valence-electron chi connectivity index (χ2n) is 6.04. The summed E-state index contributed by atoms with van der Waals surface area (Å²) in [4.78, 5) is 34.0. The molecule has 7 heteroatoms. The van der Waals surface area contributed by atoms with Crippen molar-refractivity contribution >= 4 is 5.91 Å². The predicted molar refractivity (Wildman–Crippen MR) is 96.3 cm³/mol. The molecule has 0 spiro atoms. The van der Waals surface area contributed by atoms with E-state index in [0.29, 0.717) is 23.5 Å². The number of aromatic nitrogens is 3. The Kier molecular flexibility index (Phi) is 4.97. The zero-order chi connectivity index (χ0) is 18.7. The second kappa shape index (κ2) is 7.35. The summed E-state index contributed by atoms with van der Waals surface area (Å²) in [6, 6.07) is 8.27. The largest absolute Gasteiger partial charge is 0.344 e. The van der Waals surface area contributed by atoms with Gasteiger partial charge in [0.05, 0.1) is 6.04 Å². The molecule has 3 aromatic rings. The summed E-state index contributed by atoms with van der Waals surface area (Å²) in [5.74, 6) is -0.313. The molecule has 0 bridgehead atoms. The molecule has 0 aliphatic heterocycles. The first-order valence-corrected chi connectivity index (χ1v) is 8.29. The zero-order valence-corrected chi connectivity index (χ0v) is 14.5. The molecule has 1 amide bonds. The fourth-order valence-electron chi connectivity index (χ4n) is 2.71. The van der Waals surface area contributed by atoms with E-state index >= 15 is 0 Å². The molecule has 3 N–H and O–H groups in total. The van der Waals surface area contributed by atoms with E-state index in [1.54, 1.807) is 24.4 Å². The Hall–Kier alpha value is -3.22. The third-order valence-corrected chi connectivity index (χ3v) is 4.01. The highest BCUT2D eigenvalue weighted by Crippen LogP contribution is 2.20. The number of rotatable bonds is 5. The lowest BCUT2D eigenvalue weighted by molar-refractivity contribution is 0.0933. The molecule has 0 radical (unpaired) electrons. The third kappa shape index (κ3) is 3.88. The van der Waals surface area contributed by atoms with Crippen molar-refractivity contribution in [1.29, 1.82) is 0 Å². The Labute approximate surface area is 149 Å². The lowest BCUT2D eigenvalue weighted by Crippen LogP contribution is -2.29. The van der Waals surface area contributed by atoms with Gasteiger partial charge in [0.15, 0.2) is 0 Å². The van der Waals surface area contributed by atoms with Crippen LogP contribution in [0.25, 0.3) is 11.3 Å². The first-order valence-electron chi connectivity index (χ1n) is 8.29. The normalized spacial score (nSPS) is 12.0. The van der Waals surface area contributed by atoms with Crippen molar-refractivity contribution < 1.29 is 9.18 Å². The van der Waals surface area contributed by atoms with E-state index in [-0.39, 0.29) is 17.2 Å². The van der Waals surface area contributed by atoms with Crippen molar-refractivity contribution in [3.05, 3.63) is 75.8 Å². The van der Waals surface area contributed by atoms with E-state index in [1.807, 2.05) is 13.8 Å². The minimum Gasteiger partial charge on any atom is -0.344 e. The standard InChI is InChI=1S/C19H19FN4O2/c1-3-15(18-21-10-11(2)22-18)24-19(26)13-7-12(8-14(20)9-13)16-5-4-6-17(25)23-16/h4-10,15H,3H2,1-2H3,(H,21,22)(H,23,25)(H,24,26). The van der Waals surface area contributed by atoms with E-state index in [4.69, 9.17) is 0 Å². The van der Waals surface area contributed by atoms with Crippen LogP contribution < -0.4 is 10.9 Å². The number of carbonyl (C=O) groups is 1. The maximum Gasteiger partial charge on any atom is 0.251 e. The lowest BCUT2D eigenvalue weighted by Gasteiger charge is -2.15. The minimum atomic E-state index is -0.556. The van der Waals surface area contributed by atoms with E-state index in [1.165, 1.54) is 18.2 Å². The Morgan fingerprint density at radius 2 is 2.08 bits per heavy atom. The lowest BCUT2D eigenvalue weighted by atomic mass is 10.1. The molecule has 0 fully saturated rings. The summed E-state index contributed by atoms with van der Waals surface area (Å²) < 4.78 is 14.0. The predicted octanol–water partition coefficient (Wildman–Crippen LogP) is 3.09. The van der Waals surface area contributed by atoms with Crippen LogP contribution in [-0.2, 0) is 0 Å². The van der Waals surface area contributed by atoms with Crippen molar-refractivity contribution in [2.75, 3.05) is 0 Å². The molecule has 2 heterocycles. The number of benzene rings is 1. The van der Waals surface area contributed by atoms with Crippen LogP contribution in [0.15, 0.2) is 47.4 Å². The van der Waals surface area contributed by atoms with Crippen molar-refractivity contribution in [3.63, 3.8) is 0 Å². The number of H-pyrrole nitrogens is 2. The van der Waals surface area contributed by atoms with Crippen LogP contribution in [0.4, 0.5) is 4.39 Å². The fraction of sp³-hybridized carbons (Fsp3) is 0.211. The van der Waals surface area contributed by atoms with Gasteiger partial charge in [-0.1, -0.05) is 13.0 Å². The molecule has 2 aromatic heterocycles. The summed E-state index contributed by atoms with van der Waals surface area (Å²) in [5, 5.41) is 2.86. The van der Waals surface area contributed by atoms with Gasteiger partial charge in [-0.05, 0) is 37.6 Å². The molecule has 0 saturated carbocycles. The number of hydrogen-bond donors (Lipinski definition) is 3. The first-order chi connectivity index (χ1) is 12.5. The smallest absolute Gasteiger partial charge is 0.251 e. The number of halogens is 1. The van der Waals surface area contributed by atoms with Gasteiger partial charge in [0.1, 0.15) is 11.6 Å². The van der Waals surface area contributed by atoms with Crippen LogP contribution in [-0.4, -0.2) is 20.9 Å². The second-order valence-corrected chi connectivity index (χ2v) is 6.04. The third-order valence-electron chi connectivity index (χ3n) is 4.01. The molecule has 1 unspecified atom stereocenters. The molecule has 6 nitrogen and oxygen atoms in total. The van der Waals surface area contributed by atoms with Crippen LogP contribution in [0.1, 0.15) is 41.3 Å². The number of aromatic amines is 2. The molecule has 3 rings (SSSR count). The highest BCUT2D eigenvalue weighted by Gasteiger charge is 2.18. The van der Waals surface area contributed by atoms with Crippen molar-refractivity contribution in [1.82, 2.24) is 20.3 Å². The molecule has 0 aliphatic rings. The molecule has 26 heavy (non-hydrogen) atoms. The summed E-state index contributed by atoms with van der Waals surface area (Å²) in [5.41, 5.74) is 1.65. The summed E-state index contributed by atoms with van der Waals surface area (Å²) in [7, 11) is 0. The Morgan fingerprint density at radius 1 is 1.27 bits per heavy atom. The van der Waals surface area contributed by atoms with Gasteiger partial charge in [0.2, 0.25) is 5.56 Å². The highest BCUT2D eigenvalue weighted by molar-refractivity contribution is 5.95. The highest BCUT2D eigenvalue weighted by atomic mass is 19.1. The molecule has 0 saturated heterocycles. The molecular weight excluding hydrogens is 335 g/mol. The van der Waals surface area contributed by atoms with Crippen LogP contribution in [0, 0.1) is 12.7 Å². The maximum absolute atomic E-state index is 14.0. The molecule has 1 atom stereocenters. The van der Waals surface area contributed by atoms with Gasteiger partial charge >= 0.3 is 0 Å². The SMILES string of the molecule is CCC(NC(=O)c1cc(F)cc(-c2cccc(=O)[nH]2)c1)c1ncc(C)[nH]1. The van der Waals surface area contributed by atoms with Crippen LogP contribution in [0.3, 0.4) is 0 Å². The Balaban J connectivity index is 1.88. The zero-order valence-electron chi connectivity index (χ0n) is 14.5. The van der Waals surface area contributed by atoms with E-state index in [9.17, 15) is 14.0 Å².